The van der Waals surface area contributed by atoms with Crippen molar-refractivity contribution in [1.82, 2.24) is 9.80 Å². The molecule has 0 spiro atoms. The quantitative estimate of drug-likeness (QED) is 0.799. The minimum Gasteiger partial charge on any atom is -0.379 e. The van der Waals surface area contributed by atoms with E-state index < -0.39 is 0 Å². The molecule has 2 atom stereocenters. The van der Waals surface area contributed by atoms with Crippen LogP contribution >= 0.6 is 0 Å². The molecule has 0 aromatic carbocycles. The van der Waals surface area contributed by atoms with Crippen molar-refractivity contribution in [3.05, 3.63) is 0 Å². The summed E-state index contributed by atoms with van der Waals surface area (Å²) in [6.07, 6.45) is 6.54. The molecule has 0 radical (unpaired) electrons. The van der Waals surface area contributed by atoms with E-state index >= 15 is 0 Å². The van der Waals surface area contributed by atoms with Gasteiger partial charge in [0.2, 0.25) is 0 Å². The Balaban J connectivity index is 1.40. The molecule has 0 aliphatic carbocycles. The minimum absolute atomic E-state index is 0.470. The summed E-state index contributed by atoms with van der Waals surface area (Å²) in [5, 5.41) is 0. The second kappa shape index (κ2) is 5.87. The third-order valence-electron chi connectivity index (χ3n) is 4.92. The molecule has 3 aliphatic heterocycles. The van der Waals surface area contributed by atoms with E-state index in [1.165, 1.54) is 45.2 Å². The van der Waals surface area contributed by atoms with E-state index in [1.807, 2.05) is 0 Å². The summed E-state index contributed by atoms with van der Waals surface area (Å²) >= 11 is 0. The number of fused-ring (bicyclic) bond motifs is 2. The minimum atomic E-state index is 0.470. The van der Waals surface area contributed by atoms with Gasteiger partial charge in [0, 0.05) is 31.2 Å². The average Bonchev–Trinajstić information content (AvgIpc) is 2.63. The van der Waals surface area contributed by atoms with Crippen LogP contribution in [0.2, 0.25) is 0 Å². The van der Waals surface area contributed by atoms with Gasteiger partial charge in [-0.1, -0.05) is 0 Å². The molecule has 3 saturated heterocycles. The largest absolute Gasteiger partial charge is 0.379 e. The highest BCUT2D eigenvalue weighted by molar-refractivity contribution is 4.96. The highest BCUT2D eigenvalue weighted by atomic mass is 16.5. The lowest BCUT2D eigenvalue weighted by Gasteiger charge is -2.38. The fraction of sp³-hybridized carbons (Fsp3) is 1.00. The summed E-state index contributed by atoms with van der Waals surface area (Å²) in [6.45, 7) is 6.61. The lowest BCUT2D eigenvalue weighted by molar-refractivity contribution is 0.0340. The standard InChI is InChI=1S/C14H27N3O/c15-12-10-13-2-3-14(11-12)17(13)5-1-4-16-6-8-18-9-7-16/h12-14H,1-11,15H2. The first-order valence-corrected chi connectivity index (χ1v) is 7.64. The molecule has 3 aliphatic rings. The Morgan fingerprint density at radius 3 is 2.33 bits per heavy atom. The molecule has 0 saturated carbocycles. The number of ether oxygens (including phenoxy) is 1. The van der Waals surface area contributed by atoms with E-state index in [9.17, 15) is 0 Å². The Labute approximate surface area is 110 Å². The summed E-state index contributed by atoms with van der Waals surface area (Å²) in [7, 11) is 0. The Morgan fingerprint density at radius 1 is 1.00 bits per heavy atom. The van der Waals surface area contributed by atoms with Crippen molar-refractivity contribution in [3.8, 4) is 0 Å². The molecule has 3 heterocycles. The van der Waals surface area contributed by atoms with Crippen LogP contribution in [0, 0.1) is 0 Å². The van der Waals surface area contributed by atoms with Crippen molar-refractivity contribution >= 4 is 0 Å². The van der Waals surface area contributed by atoms with Crippen molar-refractivity contribution in [2.45, 2.75) is 50.2 Å². The molecule has 2 N–H and O–H groups in total. The van der Waals surface area contributed by atoms with Crippen LogP contribution in [0.5, 0.6) is 0 Å². The summed E-state index contributed by atoms with van der Waals surface area (Å²) in [5.74, 6) is 0. The highest BCUT2D eigenvalue weighted by Crippen LogP contribution is 2.34. The van der Waals surface area contributed by atoms with Crippen molar-refractivity contribution in [2.24, 2.45) is 5.73 Å². The molecular formula is C14H27N3O. The van der Waals surface area contributed by atoms with E-state index in [0.717, 1.165) is 38.4 Å². The third-order valence-corrected chi connectivity index (χ3v) is 4.92. The van der Waals surface area contributed by atoms with Gasteiger partial charge < -0.3 is 10.5 Å². The van der Waals surface area contributed by atoms with Crippen LogP contribution in [0.1, 0.15) is 32.1 Å². The zero-order chi connectivity index (χ0) is 12.4. The molecule has 2 bridgehead atoms. The molecule has 3 fully saturated rings. The topological polar surface area (TPSA) is 41.7 Å². The van der Waals surface area contributed by atoms with Crippen LogP contribution in [-0.4, -0.2) is 67.3 Å². The summed E-state index contributed by atoms with van der Waals surface area (Å²) in [4.78, 5) is 5.30. The third kappa shape index (κ3) is 2.87. The maximum absolute atomic E-state index is 6.11. The van der Waals surface area contributed by atoms with Crippen LogP contribution in [-0.2, 0) is 4.74 Å². The Hall–Kier alpha value is -0.160. The molecule has 0 aromatic rings. The van der Waals surface area contributed by atoms with Crippen molar-refractivity contribution in [2.75, 3.05) is 39.4 Å². The van der Waals surface area contributed by atoms with Gasteiger partial charge in [-0.2, -0.15) is 0 Å². The number of rotatable bonds is 4. The number of hydrogen-bond acceptors (Lipinski definition) is 4. The molecule has 18 heavy (non-hydrogen) atoms. The van der Waals surface area contributed by atoms with E-state index in [2.05, 4.69) is 9.80 Å². The van der Waals surface area contributed by atoms with Crippen molar-refractivity contribution in [1.29, 1.82) is 0 Å². The van der Waals surface area contributed by atoms with Crippen molar-refractivity contribution < 1.29 is 4.74 Å². The molecule has 0 aromatic heterocycles. The van der Waals surface area contributed by atoms with E-state index in [-0.39, 0.29) is 0 Å². The fourth-order valence-corrected chi connectivity index (χ4v) is 3.98. The van der Waals surface area contributed by atoms with Gasteiger partial charge in [0.1, 0.15) is 0 Å². The number of nitrogens with two attached hydrogens (primary N) is 1. The lowest BCUT2D eigenvalue weighted by Crippen LogP contribution is -2.48. The predicted octanol–water partition coefficient (Wildman–Crippen LogP) is 0.663. The van der Waals surface area contributed by atoms with Crippen LogP contribution in [0.4, 0.5) is 0 Å². The van der Waals surface area contributed by atoms with Gasteiger partial charge in [0.05, 0.1) is 13.2 Å². The SMILES string of the molecule is NC1CC2CCC(C1)N2CCCN1CCOCC1. The second-order valence-electron chi connectivity index (χ2n) is 6.16. The van der Waals surface area contributed by atoms with Gasteiger partial charge >= 0.3 is 0 Å². The van der Waals surface area contributed by atoms with Crippen LogP contribution in [0.15, 0.2) is 0 Å². The zero-order valence-corrected chi connectivity index (χ0v) is 11.4. The van der Waals surface area contributed by atoms with Gasteiger partial charge in [-0.15, -0.1) is 0 Å². The van der Waals surface area contributed by atoms with Gasteiger partial charge in [0.15, 0.2) is 0 Å². The predicted molar refractivity (Wildman–Crippen MR) is 72.6 cm³/mol. The normalized spacial score (nSPS) is 38.2. The second-order valence-corrected chi connectivity index (χ2v) is 6.16. The molecule has 4 nitrogen and oxygen atoms in total. The highest BCUT2D eigenvalue weighted by Gasteiger charge is 2.38. The number of hydrogen-bond donors (Lipinski definition) is 1. The maximum atomic E-state index is 6.11. The van der Waals surface area contributed by atoms with E-state index in [0.29, 0.717) is 6.04 Å². The van der Waals surface area contributed by atoms with Crippen LogP contribution in [0.3, 0.4) is 0 Å². The maximum Gasteiger partial charge on any atom is 0.0594 e. The van der Waals surface area contributed by atoms with Crippen molar-refractivity contribution in [3.63, 3.8) is 0 Å². The summed E-state index contributed by atoms with van der Waals surface area (Å²) in [6, 6.07) is 2.06. The molecule has 104 valence electrons. The summed E-state index contributed by atoms with van der Waals surface area (Å²) < 4.78 is 5.39. The Morgan fingerprint density at radius 2 is 1.67 bits per heavy atom. The lowest BCUT2D eigenvalue weighted by atomic mass is 9.98. The Kier molecular flexibility index (Phi) is 4.19. The monoisotopic (exact) mass is 253 g/mol. The molecule has 4 heteroatoms. The number of morpholine rings is 1. The zero-order valence-electron chi connectivity index (χ0n) is 11.4. The Bertz CT molecular complexity index is 254. The first-order chi connectivity index (χ1) is 8.83. The number of piperidine rings is 1. The molecule has 2 unspecified atom stereocenters. The van der Waals surface area contributed by atoms with Gasteiger partial charge in [0.25, 0.3) is 0 Å². The first-order valence-electron chi connectivity index (χ1n) is 7.64. The summed E-state index contributed by atoms with van der Waals surface area (Å²) in [5.41, 5.74) is 6.11. The molecule has 0 amide bonds. The van der Waals surface area contributed by atoms with E-state index in [1.54, 1.807) is 0 Å². The molecular weight excluding hydrogens is 226 g/mol. The fourth-order valence-electron chi connectivity index (χ4n) is 3.98. The van der Waals surface area contributed by atoms with Gasteiger partial charge in [-0.05, 0) is 45.2 Å². The first kappa shape index (κ1) is 12.9. The van der Waals surface area contributed by atoms with Gasteiger partial charge in [-0.3, -0.25) is 9.80 Å². The number of nitrogens with zero attached hydrogens (tertiary/aromatic N) is 2. The van der Waals surface area contributed by atoms with Gasteiger partial charge in [-0.25, -0.2) is 0 Å². The van der Waals surface area contributed by atoms with Crippen LogP contribution < -0.4 is 5.73 Å². The van der Waals surface area contributed by atoms with E-state index in [4.69, 9.17) is 10.5 Å². The smallest absolute Gasteiger partial charge is 0.0594 e. The molecule has 3 rings (SSSR count). The average molecular weight is 253 g/mol. The van der Waals surface area contributed by atoms with Crippen LogP contribution in [0.25, 0.3) is 0 Å².